The lowest BCUT2D eigenvalue weighted by atomic mass is 10.0. The maximum Gasteiger partial charge on any atom is 0.338 e. The Bertz CT molecular complexity index is 692. The van der Waals surface area contributed by atoms with Crippen molar-refractivity contribution in [1.29, 1.82) is 0 Å². The Hall–Kier alpha value is -2.95. The lowest BCUT2D eigenvalue weighted by molar-refractivity contribution is -0.384. The highest BCUT2D eigenvalue weighted by Gasteiger charge is 2.15. The molecule has 5 nitrogen and oxygen atoms in total. The third-order valence-electron chi connectivity index (χ3n) is 2.88. The molecule has 5 heteroatoms. The third-order valence-corrected chi connectivity index (χ3v) is 2.88. The van der Waals surface area contributed by atoms with Crippen molar-refractivity contribution in [3.8, 4) is 0 Å². The zero-order chi connectivity index (χ0) is 15.2. The minimum absolute atomic E-state index is 0.0737. The fraction of sp³-hybridized carbons (Fsp3) is 0.0625. The number of hydrogen-bond donors (Lipinski definition) is 0. The van der Waals surface area contributed by atoms with Crippen LogP contribution < -0.4 is 0 Å². The Labute approximate surface area is 121 Å². The van der Waals surface area contributed by atoms with Crippen molar-refractivity contribution in [3.05, 3.63) is 75.8 Å². The largest absolute Gasteiger partial charge is 0.465 e. The third kappa shape index (κ3) is 3.54. The molecule has 0 aromatic heterocycles. The summed E-state index contributed by atoms with van der Waals surface area (Å²) in [6.45, 7) is 0. The summed E-state index contributed by atoms with van der Waals surface area (Å²) in [5.41, 5.74) is 1.45. The normalized spacial score (nSPS) is 11.0. The second-order valence-electron chi connectivity index (χ2n) is 4.27. The summed E-state index contributed by atoms with van der Waals surface area (Å²) in [4.78, 5) is 22.3. The maximum atomic E-state index is 11.9. The average molecular weight is 283 g/mol. The van der Waals surface area contributed by atoms with Gasteiger partial charge in [0.15, 0.2) is 0 Å². The van der Waals surface area contributed by atoms with Crippen molar-refractivity contribution < 1.29 is 14.5 Å². The number of non-ortho nitro benzene ring substituents is 1. The second kappa shape index (κ2) is 6.47. The molecule has 21 heavy (non-hydrogen) atoms. The molecule has 2 aromatic rings. The summed E-state index contributed by atoms with van der Waals surface area (Å²) in [6, 6.07) is 15.1. The molecule has 2 rings (SSSR count). The van der Waals surface area contributed by atoms with Crippen molar-refractivity contribution in [2.75, 3.05) is 7.11 Å². The van der Waals surface area contributed by atoms with Gasteiger partial charge in [0, 0.05) is 12.1 Å². The molecule has 0 saturated heterocycles. The molecule has 0 fully saturated rings. The van der Waals surface area contributed by atoms with Gasteiger partial charge in [-0.05, 0) is 17.2 Å². The summed E-state index contributed by atoms with van der Waals surface area (Å²) < 4.78 is 4.76. The van der Waals surface area contributed by atoms with E-state index in [0.717, 1.165) is 5.56 Å². The molecule has 106 valence electrons. The standard InChI is InChI=1S/C16H13NO4/c1-21-16(18)15(10-12-6-3-2-4-7-12)13-8-5-9-14(11-13)17(19)20/h2-11H,1H3. The molecular formula is C16H13NO4. The van der Waals surface area contributed by atoms with E-state index in [1.165, 1.54) is 25.3 Å². The molecule has 0 saturated carbocycles. The van der Waals surface area contributed by atoms with Gasteiger partial charge in [-0.1, -0.05) is 42.5 Å². The van der Waals surface area contributed by atoms with E-state index in [1.807, 2.05) is 30.3 Å². The lowest BCUT2D eigenvalue weighted by Crippen LogP contribution is -2.04. The minimum atomic E-state index is -0.542. The molecule has 0 spiro atoms. The number of ether oxygens (including phenoxy) is 1. The molecule has 0 unspecified atom stereocenters. The summed E-state index contributed by atoms with van der Waals surface area (Å²) >= 11 is 0. The highest BCUT2D eigenvalue weighted by molar-refractivity contribution is 6.21. The zero-order valence-corrected chi connectivity index (χ0v) is 11.4. The number of benzene rings is 2. The van der Waals surface area contributed by atoms with Crippen molar-refractivity contribution >= 4 is 23.3 Å². The van der Waals surface area contributed by atoms with Crippen LogP contribution in [0.3, 0.4) is 0 Å². The fourth-order valence-corrected chi connectivity index (χ4v) is 1.87. The topological polar surface area (TPSA) is 69.4 Å². The van der Waals surface area contributed by atoms with E-state index in [1.54, 1.807) is 12.1 Å². The van der Waals surface area contributed by atoms with Gasteiger partial charge >= 0.3 is 5.97 Å². The molecule has 0 aliphatic heterocycles. The number of rotatable bonds is 4. The molecule has 0 aliphatic rings. The molecular weight excluding hydrogens is 270 g/mol. The number of carbonyl (C=O) groups excluding carboxylic acids is 1. The predicted molar refractivity (Wildman–Crippen MR) is 79.4 cm³/mol. The number of carbonyl (C=O) groups is 1. The summed E-state index contributed by atoms with van der Waals surface area (Å²) in [5.74, 6) is -0.542. The van der Waals surface area contributed by atoms with Gasteiger partial charge in [-0.25, -0.2) is 4.79 Å². The van der Waals surface area contributed by atoms with Crippen molar-refractivity contribution in [1.82, 2.24) is 0 Å². The van der Waals surface area contributed by atoms with Crippen LogP contribution in [-0.2, 0) is 9.53 Å². The summed E-state index contributed by atoms with van der Waals surface area (Å²) in [6.07, 6.45) is 1.64. The number of nitro groups is 1. The first-order valence-electron chi connectivity index (χ1n) is 6.21. The number of nitrogens with zero attached hydrogens (tertiary/aromatic N) is 1. The SMILES string of the molecule is COC(=O)C(=Cc1ccccc1)c1cccc([N+](=O)[O-])c1. The zero-order valence-electron chi connectivity index (χ0n) is 11.4. The van der Waals surface area contributed by atoms with Crippen LogP contribution in [0.2, 0.25) is 0 Å². The lowest BCUT2D eigenvalue weighted by Gasteiger charge is -2.06. The highest BCUT2D eigenvalue weighted by atomic mass is 16.6. The van der Waals surface area contributed by atoms with E-state index >= 15 is 0 Å². The van der Waals surface area contributed by atoms with E-state index < -0.39 is 10.9 Å². The van der Waals surface area contributed by atoms with Crippen LogP contribution in [0, 0.1) is 10.1 Å². The van der Waals surface area contributed by atoms with Crippen LogP contribution >= 0.6 is 0 Å². The molecule has 0 bridgehead atoms. The van der Waals surface area contributed by atoms with E-state index in [9.17, 15) is 14.9 Å². The molecule has 2 aromatic carbocycles. The smallest absolute Gasteiger partial charge is 0.338 e. The molecule has 0 N–H and O–H groups in total. The van der Waals surface area contributed by atoms with Crippen LogP contribution in [0.4, 0.5) is 5.69 Å². The van der Waals surface area contributed by atoms with Crippen LogP contribution in [0.25, 0.3) is 11.6 Å². The first-order valence-corrected chi connectivity index (χ1v) is 6.21. The van der Waals surface area contributed by atoms with Crippen molar-refractivity contribution in [3.63, 3.8) is 0 Å². The van der Waals surface area contributed by atoms with Gasteiger partial charge in [-0.3, -0.25) is 10.1 Å². The Morgan fingerprint density at radius 2 is 1.86 bits per heavy atom. The average Bonchev–Trinajstić information content (AvgIpc) is 2.53. The first kappa shape index (κ1) is 14.5. The van der Waals surface area contributed by atoms with Crippen molar-refractivity contribution in [2.45, 2.75) is 0 Å². The first-order chi connectivity index (χ1) is 10.1. The number of esters is 1. The number of nitro benzene ring substituents is 1. The number of hydrogen-bond acceptors (Lipinski definition) is 4. The van der Waals surface area contributed by atoms with E-state index in [4.69, 9.17) is 4.74 Å². The van der Waals surface area contributed by atoms with Crippen LogP contribution in [0.15, 0.2) is 54.6 Å². The van der Waals surface area contributed by atoms with Gasteiger partial charge in [-0.2, -0.15) is 0 Å². The van der Waals surface area contributed by atoms with Gasteiger partial charge in [0.2, 0.25) is 0 Å². The van der Waals surface area contributed by atoms with Gasteiger partial charge in [-0.15, -0.1) is 0 Å². The molecule has 0 radical (unpaired) electrons. The molecule has 0 heterocycles. The van der Waals surface area contributed by atoms with Crippen LogP contribution in [0.1, 0.15) is 11.1 Å². The Morgan fingerprint density at radius 1 is 1.14 bits per heavy atom. The van der Waals surface area contributed by atoms with E-state index in [2.05, 4.69) is 0 Å². The Kier molecular flexibility index (Phi) is 4.46. The molecule has 0 aliphatic carbocycles. The Balaban J connectivity index is 2.51. The Morgan fingerprint density at radius 3 is 2.48 bits per heavy atom. The fourth-order valence-electron chi connectivity index (χ4n) is 1.87. The maximum absolute atomic E-state index is 11.9. The van der Waals surface area contributed by atoms with Gasteiger partial charge in [0.25, 0.3) is 5.69 Å². The van der Waals surface area contributed by atoms with Crippen molar-refractivity contribution in [2.24, 2.45) is 0 Å². The minimum Gasteiger partial charge on any atom is -0.465 e. The second-order valence-corrected chi connectivity index (χ2v) is 4.27. The monoisotopic (exact) mass is 283 g/mol. The van der Waals surface area contributed by atoms with E-state index in [-0.39, 0.29) is 11.3 Å². The van der Waals surface area contributed by atoms with Crippen LogP contribution in [-0.4, -0.2) is 18.0 Å². The number of methoxy groups -OCH3 is 1. The quantitative estimate of drug-likeness (QED) is 0.284. The summed E-state index contributed by atoms with van der Waals surface area (Å²) in [5, 5.41) is 10.8. The van der Waals surface area contributed by atoms with Crippen LogP contribution in [0.5, 0.6) is 0 Å². The van der Waals surface area contributed by atoms with Gasteiger partial charge in [0.1, 0.15) is 0 Å². The highest BCUT2D eigenvalue weighted by Crippen LogP contribution is 2.23. The van der Waals surface area contributed by atoms with E-state index in [0.29, 0.717) is 5.56 Å². The van der Waals surface area contributed by atoms with Gasteiger partial charge in [0.05, 0.1) is 17.6 Å². The molecule has 0 atom stereocenters. The van der Waals surface area contributed by atoms with Gasteiger partial charge < -0.3 is 4.74 Å². The summed E-state index contributed by atoms with van der Waals surface area (Å²) in [7, 11) is 1.28. The predicted octanol–water partition coefficient (Wildman–Crippen LogP) is 3.31. The molecule has 0 amide bonds.